The molecule has 1 heterocycles. The highest BCUT2D eigenvalue weighted by atomic mass is 16.3. The molecule has 26 heavy (non-hydrogen) atoms. The van der Waals surface area contributed by atoms with Crippen molar-refractivity contribution in [3.8, 4) is 0 Å². The highest BCUT2D eigenvalue weighted by molar-refractivity contribution is 5.80. The highest BCUT2D eigenvalue weighted by Crippen LogP contribution is 2.28. The number of aromatic amines is 1. The average molecular weight is 349 g/mol. The smallest absolute Gasteiger partial charge is 0.223 e. The minimum atomic E-state index is -0.365. The number of carbonyl (C=O) groups is 1. The third-order valence-corrected chi connectivity index (χ3v) is 5.21. The van der Waals surface area contributed by atoms with E-state index in [0.717, 1.165) is 41.4 Å². The van der Waals surface area contributed by atoms with Crippen LogP contribution >= 0.6 is 0 Å². The first-order chi connectivity index (χ1) is 12.7. The molecule has 1 aliphatic rings. The Kier molecular flexibility index (Phi) is 4.71. The van der Waals surface area contributed by atoms with Gasteiger partial charge < -0.3 is 15.4 Å². The summed E-state index contributed by atoms with van der Waals surface area (Å²) in [6.45, 7) is 0. The van der Waals surface area contributed by atoms with E-state index in [-0.39, 0.29) is 24.0 Å². The fraction of sp³-hybridized carbons (Fsp3) is 0.333. The Bertz CT molecular complexity index is 890. The number of imidazole rings is 1. The lowest BCUT2D eigenvalue weighted by Crippen LogP contribution is -2.37. The zero-order valence-electron chi connectivity index (χ0n) is 14.6. The van der Waals surface area contributed by atoms with Gasteiger partial charge in [0.05, 0.1) is 29.5 Å². The third-order valence-electron chi connectivity index (χ3n) is 5.21. The standard InChI is InChI=1S/C21H23N3O2/c25-17-8-4-7-16(11-17)21(26)24-20(14-5-2-1-3-6-14)15-9-10-18-19(12-15)23-13-22-18/h1-3,5-6,9-10,12-13,16-17,20,25H,4,7-8,11H2,(H,22,23)(H,24,26). The van der Waals surface area contributed by atoms with Gasteiger partial charge in [0, 0.05) is 5.92 Å². The number of nitrogens with one attached hydrogen (secondary N) is 2. The Balaban J connectivity index is 1.63. The van der Waals surface area contributed by atoms with Gasteiger partial charge in [-0.15, -0.1) is 0 Å². The van der Waals surface area contributed by atoms with Gasteiger partial charge in [-0.1, -0.05) is 42.8 Å². The van der Waals surface area contributed by atoms with Gasteiger partial charge in [0.1, 0.15) is 0 Å². The van der Waals surface area contributed by atoms with Gasteiger partial charge in [0.2, 0.25) is 5.91 Å². The number of aromatic nitrogens is 2. The molecule has 1 saturated carbocycles. The predicted octanol–water partition coefficient (Wildman–Crippen LogP) is 3.32. The molecule has 1 amide bonds. The number of nitrogens with zero attached hydrogens (tertiary/aromatic N) is 1. The molecule has 4 rings (SSSR count). The van der Waals surface area contributed by atoms with E-state index >= 15 is 0 Å². The maximum atomic E-state index is 12.9. The average Bonchev–Trinajstić information content (AvgIpc) is 3.14. The van der Waals surface area contributed by atoms with Crippen LogP contribution in [0.1, 0.15) is 42.9 Å². The summed E-state index contributed by atoms with van der Waals surface area (Å²) in [7, 11) is 0. The number of amides is 1. The van der Waals surface area contributed by atoms with Crippen LogP contribution in [0.2, 0.25) is 0 Å². The van der Waals surface area contributed by atoms with Crippen LogP contribution in [-0.2, 0) is 4.79 Å². The van der Waals surface area contributed by atoms with Gasteiger partial charge in [0.15, 0.2) is 0 Å². The Morgan fingerprint density at radius 3 is 2.81 bits per heavy atom. The molecule has 134 valence electrons. The Morgan fingerprint density at radius 1 is 1.15 bits per heavy atom. The molecule has 3 aromatic rings. The second-order valence-electron chi connectivity index (χ2n) is 7.05. The van der Waals surface area contributed by atoms with Crippen LogP contribution in [-0.4, -0.2) is 27.1 Å². The quantitative estimate of drug-likeness (QED) is 0.676. The summed E-state index contributed by atoms with van der Waals surface area (Å²) in [5.74, 6) is -0.108. The number of H-pyrrole nitrogens is 1. The largest absolute Gasteiger partial charge is 0.393 e. The lowest BCUT2D eigenvalue weighted by Gasteiger charge is -2.28. The van der Waals surface area contributed by atoms with Crippen LogP contribution < -0.4 is 5.32 Å². The van der Waals surface area contributed by atoms with Crippen molar-refractivity contribution in [3.05, 3.63) is 66.0 Å². The molecule has 0 saturated heterocycles. The SMILES string of the molecule is O=C(NC(c1ccccc1)c1ccc2nc[nH]c2c1)C1CCCC(O)C1. The van der Waals surface area contributed by atoms with Crippen LogP contribution in [0.5, 0.6) is 0 Å². The molecular formula is C21H23N3O2. The minimum Gasteiger partial charge on any atom is -0.393 e. The molecule has 0 spiro atoms. The van der Waals surface area contributed by atoms with Gasteiger partial charge in [-0.05, 0) is 42.5 Å². The van der Waals surface area contributed by atoms with Gasteiger partial charge in [0.25, 0.3) is 0 Å². The molecule has 3 unspecified atom stereocenters. The fourth-order valence-corrected chi connectivity index (χ4v) is 3.80. The minimum absolute atomic E-state index is 0.0160. The molecule has 0 bridgehead atoms. The zero-order valence-corrected chi connectivity index (χ0v) is 14.6. The summed E-state index contributed by atoms with van der Waals surface area (Å²) in [6.07, 6.45) is 4.39. The molecule has 1 fully saturated rings. The monoisotopic (exact) mass is 349 g/mol. The lowest BCUT2D eigenvalue weighted by molar-refractivity contribution is -0.127. The second-order valence-corrected chi connectivity index (χ2v) is 7.05. The number of rotatable bonds is 4. The van der Waals surface area contributed by atoms with Gasteiger partial charge >= 0.3 is 0 Å². The summed E-state index contributed by atoms with van der Waals surface area (Å²) >= 11 is 0. The van der Waals surface area contributed by atoms with Crippen molar-refractivity contribution >= 4 is 16.9 Å². The van der Waals surface area contributed by atoms with Crippen molar-refractivity contribution < 1.29 is 9.90 Å². The molecule has 1 aliphatic carbocycles. The van der Waals surface area contributed by atoms with Gasteiger partial charge in [-0.25, -0.2) is 4.98 Å². The van der Waals surface area contributed by atoms with E-state index in [2.05, 4.69) is 15.3 Å². The molecule has 5 heteroatoms. The predicted molar refractivity (Wildman–Crippen MR) is 100 cm³/mol. The van der Waals surface area contributed by atoms with Crippen LogP contribution in [0.4, 0.5) is 0 Å². The van der Waals surface area contributed by atoms with Crippen molar-refractivity contribution in [1.82, 2.24) is 15.3 Å². The topological polar surface area (TPSA) is 78.0 Å². The summed E-state index contributed by atoms with van der Waals surface area (Å²) < 4.78 is 0. The molecule has 3 atom stereocenters. The maximum Gasteiger partial charge on any atom is 0.223 e. The summed E-state index contributed by atoms with van der Waals surface area (Å²) in [5.41, 5.74) is 3.90. The Morgan fingerprint density at radius 2 is 2.00 bits per heavy atom. The van der Waals surface area contributed by atoms with Crippen molar-refractivity contribution in [2.45, 2.75) is 37.8 Å². The van der Waals surface area contributed by atoms with Crippen molar-refractivity contribution in [2.75, 3.05) is 0 Å². The third kappa shape index (κ3) is 3.48. The number of benzene rings is 2. The van der Waals surface area contributed by atoms with E-state index in [1.54, 1.807) is 6.33 Å². The highest BCUT2D eigenvalue weighted by Gasteiger charge is 2.28. The summed E-state index contributed by atoms with van der Waals surface area (Å²) in [6, 6.07) is 15.8. The molecular weight excluding hydrogens is 326 g/mol. The summed E-state index contributed by atoms with van der Waals surface area (Å²) in [4.78, 5) is 20.3. The fourth-order valence-electron chi connectivity index (χ4n) is 3.80. The first-order valence-corrected chi connectivity index (χ1v) is 9.17. The van der Waals surface area contributed by atoms with Crippen molar-refractivity contribution in [3.63, 3.8) is 0 Å². The van der Waals surface area contributed by atoms with Crippen LogP contribution in [0.3, 0.4) is 0 Å². The number of aliphatic hydroxyl groups excluding tert-OH is 1. The number of hydrogen-bond acceptors (Lipinski definition) is 3. The van der Waals surface area contributed by atoms with Crippen LogP contribution in [0.25, 0.3) is 11.0 Å². The van der Waals surface area contributed by atoms with E-state index in [1.807, 2.05) is 48.5 Å². The number of fused-ring (bicyclic) bond motifs is 1. The van der Waals surface area contributed by atoms with E-state index < -0.39 is 0 Å². The molecule has 0 radical (unpaired) electrons. The second kappa shape index (κ2) is 7.30. The van der Waals surface area contributed by atoms with Crippen molar-refractivity contribution in [1.29, 1.82) is 0 Å². The number of hydrogen-bond donors (Lipinski definition) is 3. The van der Waals surface area contributed by atoms with Crippen molar-refractivity contribution in [2.24, 2.45) is 5.92 Å². The molecule has 0 aliphatic heterocycles. The summed E-state index contributed by atoms with van der Waals surface area (Å²) in [5, 5.41) is 13.1. The number of aliphatic hydroxyl groups is 1. The first-order valence-electron chi connectivity index (χ1n) is 9.17. The normalized spacial score (nSPS) is 21.4. The van der Waals surface area contributed by atoms with E-state index in [1.165, 1.54) is 0 Å². The zero-order chi connectivity index (χ0) is 17.9. The van der Waals surface area contributed by atoms with E-state index in [9.17, 15) is 9.90 Å². The van der Waals surface area contributed by atoms with Crippen LogP contribution in [0.15, 0.2) is 54.9 Å². The van der Waals surface area contributed by atoms with Gasteiger partial charge in [-0.3, -0.25) is 4.79 Å². The molecule has 1 aromatic heterocycles. The van der Waals surface area contributed by atoms with Crippen LogP contribution in [0, 0.1) is 5.92 Å². The van der Waals surface area contributed by atoms with Gasteiger partial charge in [-0.2, -0.15) is 0 Å². The molecule has 5 nitrogen and oxygen atoms in total. The maximum absolute atomic E-state index is 12.9. The lowest BCUT2D eigenvalue weighted by atomic mass is 9.86. The first kappa shape index (κ1) is 16.8. The molecule has 2 aromatic carbocycles. The van der Waals surface area contributed by atoms with E-state index in [0.29, 0.717) is 6.42 Å². The van der Waals surface area contributed by atoms with E-state index in [4.69, 9.17) is 0 Å². The Labute approximate surface area is 152 Å². The Hall–Kier alpha value is -2.66. The molecule has 3 N–H and O–H groups in total. The number of carbonyl (C=O) groups excluding carboxylic acids is 1.